The van der Waals surface area contributed by atoms with E-state index in [2.05, 4.69) is 11.8 Å². The molecule has 0 aliphatic rings. The third kappa shape index (κ3) is 7.78. The quantitative estimate of drug-likeness (QED) is 0.585. The number of methoxy groups -OCH3 is 1. The van der Waals surface area contributed by atoms with Gasteiger partial charge in [0.1, 0.15) is 12.4 Å². The second kappa shape index (κ2) is 10.7. The fraction of sp³-hybridized carbons (Fsp3) is 0.467. The summed E-state index contributed by atoms with van der Waals surface area (Å²) >= 11 is 1.86. The maximum Gasteiger partial charge on any atom is 0.120 e. The van der Waals surface area contributed by atoms with Crippen LogP contribution < -0.4 is 4.74 Å². The van der Waals surface area contributed by atoms with Crippen LogP contribution in [0.5, 0.6) is 5.75 Å². The summed E-state index contributed by atoms with van der Waals surface area (Å²) in [7, 11) is 1.72. The molecule has 0 spiro atoms. The fourth-order valence-electron chi connectivity index (χ4n) is 1.43. The van der Waals surface area contributed by atoms with E-state index in [1.807, 2.05) is 36.0 Å². The van der Waals surface area contributed by atoms with Crippen LogP contribution in [0.3, 0.4) is 0 Å². The van der Waals surface area contributed by atoms with Crippen molar-refractivity contribution in [3.05, 3.63) is 29.8 Å². The molecule has 0 aliphatic carbocycles. The van der Waals surface area contributed by atoms with Crippen LogP contribution in [0.15, 0.2) is 24.3 Å². The normalized spacial score (nSPS) is 9.79. The lowest BCUT2D eigenvalue weighted by atomic mass is 10.2. The summed E-state index contributed by atoms with van der Waals surface area (Å²) < 4.78 is 10.6. The maximum atomic E-state index is 8.64. The Balaban J connectivity index is 2.22. The Hall–Kier alpha value is -1.15. The third-order valence-corrected chi connectivity index (χ3v) is 3.31. The molecule has 0 saturated heterocycles. The Morgan fingerprint density at radius 3 is 2.95 bits per heavy atom. The molecule has 4 heteroatoms. The lowest BCUT2D eigenvalue weighted by Gasteiger charge is -2.06. The van der Waals surface area contributed by atoms with Crippen LogP contribution in [0.4, 0.5) is 0 Å². The van der Waals surface area contributed by atoms with E-state index in [1.165, 1.54) is 0 Å². The van der Waals surface area contributed by atoms with Crippen molar-refractivity contribution in [2.24, 2.45) is 0 Å². The second-order valence-corrected chi connectivity index (χ2v) is 5.02. The molecule has 0 atom stereocenters. The van der Waals surface area contributed by atoms with Crippen LogP contribution in [0.25, 0.3) is 0 Å². The zero-order valence-electron chi connectivity index (χ0n) is 11.2. The molecular formula is C15H20O3S. The van der Waals surface area contributed by atoms with Gasteiger partial charge in [-0.2, -0.15) is 11.8 Å². The first-order valence-electron chi connectivity index (χ1n) is 6.26. The van der Waals surface area contributed by atoms with Gasteiger partial charge in [-0.05, 0) is 30.4 Å². The summed E-state index contributed by atoms with van der Waals surface area (Å²) in [5.41, 5.74) is 0.860. The molecule has 3 nitrogen and oxygen atoms in total. The van der Waals surface area contributed by atoms with Crippen LogP contribution in [0, 0.1) is 11.8 Å². The van der Waals surface area contributed by atoms with Crippen molar-refractivity contribution in [2.75, 3.05) is 38.4 Å². The molecule has 0 amide bonds. The highest BCUT2D eigenvalue weighted by molar-refractivity contribution is 7.99. The summed E-state index contributed by atoms with van der Waals surface area (Å²) in [6.45, 7) is 1.39. The van der Waals surface area contributed by atoms with Gasteiger partial charge in [-0.25, -0.2) is 0 Å². The topological polar surface area (TPSA) is 38.7 Å². The molecule has 0 fully saturated rings. The lowest BCUT2D eigenvalue weighted by molar-refractivity contribution is 0.200. The van der Waals surface area contributed by atoms with Gasteiger partial charge in [-0.3, -0.25) is 0 Å². The van der Waals surface area contributed by atoms with E-state index in [9.17, 15) is 0 Å². The van der Waals surface area contributed by atoms with Crippen molar-refractivity contribution < 1.29 is 14.6 Å². The first kappa shape index (κ1) is 15.9. The zero-order valence-corrected chi connectivity index (χ0v) is 12.0. The van der Waals surface area contributed by atoms with Crippen LogP contribution in [-0.2, 0) is 4.74 Å². The molecule has 1 rings (SSSR count). The van der Waals surface area contributed by atoms with E-state index >= 15 is 0 Å². The Labute approximate surface area is 119 Å². The number of hydrogen-bond acceptors (Lipinski definition) is 4. The highest BCUT2D eigenvalue weighted by Gasteiger charge is 1.95. The molecule has 0 aliphatic heterocycles. The van der Waals surface area contributed by atoms with Crippen molar-refractivity contribution in [2.45, 2.75) is 6.42 Å². The summed E-state index contributed by atoms with van der Waals surface area (Å²) in [5.74, 6) is 8.37. The molecular weight excluding hydrogens is 260 g/mol. The highest BCUT2D eigenvalue weighted by atomic mass is 32.2. The molecule has 0 aromatic heterocycles. The van der Waals surface area contributed by atoms with Gasteiger partial charge in [0.05, 0.1) is 6.61 Å². The van der Waals surface area contributed by atoms with Crippen molar-refractivity contribution >= 4 is 11.8 Å². The minimum Gasteiger partial charge on any atom is -0.493 e. The number of aliphatic hydroxyl groups excluding tert-OH is 1. The molecule has 0 unspecified atom stereocenters. The van der Waals surface area contributed by atoms with E-state index in [0.717, 1.165) is 35.8 Å². The Kier molecular flexibility index (Phi) is 8.99. The first-order chi connectivity index (χ1) is 9.36. The third-order valence-electron chi connectivity index (χ3n) is 2.28. The maximum absolute atomic E-state index is 8.64. The minimum absolute atomic E-state index is 0.122. The summed E-state index contributed by atoms with van der Waals surface area (Å²) in [6.07, 6.45) is 1.08. The molecule has 19 heavy (non-hydrogen) atoms. The molecule has 0 bridgehead atoms. The van der Waals surface area contributed by atoms with Gasteiger partial charge in [-0.1, -0.05) is 17.9 Å². The molecule has 1 aromatic carbocycles. The van der Waals surface area contributed by atoms with Gasteiger partial charge in [0, 0.05) is 25.0 Å². The van der Waals surface area contributed by atoms with Gasteiger partial charge in [-0.15, -0.1) is 0 Å². The Bertz CT molecular complexity index is 409. The molecule has 1 aromatic rings. The van der Waals surface area contributed by atoms with Crippen molar-refractivity contribution in [1.82, 2.24) is 0 Å². The van der Waals surface area contributed by atoms with Crippen molar-refractivity contribution in [3.8, 4) is 17.6 Å². The Morgan fingerprint density at radius 2 is 2.16 bits per heavy atom. The molecule has 104 valence electrons. The van der Waals surface area contributed by atoms with Crippen LogP contribution in [-0.4, -0.2) is 43.5 Å². The van der Waals surface area contributed by atoms with E-state index in [1.54, 1.807) is 7.11 Å². The SMILES string of the molecule is COCCCSCCOc1cccc(C#CCO)c1. The van der Waals surface area contributed by atoms with E-state index in [4.69, 9.17) is 14.6 Å². The van der Waals surface area contributed by atoms with Crippen LogP contribution in [0.2, 0.25) is 0 Å². The van der Waals surface area contributed by atoms with Crippen molar-refractivity contribution in [1.29, 1.82) is 0 Å². The number of hydrogen-bond donors (Lipinski definition) is 1. The predicted molar refractivity (Wildman–Crippen MR) is 79.7 cm³/mol. The van der Waals surface area contributed by atoms with Gasteiger partial charge >= 0.3 is 0 Å². The summed E-state index contributed by atoms with van der Waals surface area (Å²) in [5, 5.41) is 8.64. The largest absolute Gasteiger partial charge is 0.493 e. The standard InChI is InChI=1S/C15H20O3S/c1-17-9-4-11-19-12-10-18-15-7-2-5-14(13-15)6-3-8-16/h2,5,7,13,16H,4,8-12H2,1H3. The van der Waals surface area contributed by atoms with E-state index < -0.39 is 0 Å². The Morgan fingerprint density at radius 1 is 1.26 bits per heavy atom. The molecule has 1 N–H and O–H groups in total. The van der Waals surface area contributed by atoms with Gasteiger partial charge in [0.2, 0.25) is 0 Å². The van der Waals surface area contributed by atoms with Crippen LogP contribution in [0.1, 0.15) is 12.0 Å². The minimum atomic E-state index is -0.122. The number of aliphatic hydroxyl groups is 1. The number of thioether (sulfide) groups is 1. The number of ether oxygens (including phenoxy) is 2. The van der Waals surface area contributed by atoms with E-state index in [0.29, 0.717) is 6.61 Å². The first-order valence-corrected chi connectivity index (χ1v) is 7.41. The highest BCUT2D eigenvalue weighted by Crippen LogP contribution is 2.13. The monoisotopic (exact) mass is 280 g/mol. The number of benzene rings is 1. The van der Waals surface area contributed by atoms with E-state index in [-0.39, 0.29) is 6.61 Å². The van der Waals surface area contributed by atoms with Gasteiger partial charge < -0.3 is 14.6 Å². The molecule has 0 saturated carbocycles. The molecule has 0 heterocycles. The number of rotatable bonds is 8. The zero-order chi connectivity index (χ0) is 13.8. The lowest BCUT2D eigenvalue weighted by Crippen LogP contribution is -2.01. The second-order valence-electron chi connectivity index (χ2n) is 3.79. The fourth-order valence-corrected chi connectivity index (χ4v) is 2.16. The van der Waals surface area contributed by atoms with Gasteiger partial charge in [0.25, 0.3) is 0 Å². The predicted octanol–water partition coefficient (Wildman–Crippen LogP) is 2.18. The van der Waals surface area contributed by atoms with Crippen molar-refractivity contribution in [3.63, 3.8) is 0 Å². The van der Waals surface area contributed by atoms with Crippen LogP contribution >= 0.6 is 11.8 Å². The smallest absolute Gasteiger partial charge is 0.120 e. The average molecular weight is 280 g/mol. The van der Waals surface area contributed by atoms with Gasteiger partial charge in [0.15, 0.2) is 0 Å². The summed E-state index contributed by atoms with van der Waals surface area (Å²) in [4.78, 5) is 0. The summed E-state index contributed by atoms with van der Waals surface area (Å²) in [6, 6.07) is 7.61. The average Bonchev–Trinajstić information content (AvgIpc) is 2.44. The molecule has 0 radical (unpaired) electrons.